The summed E-state index contributed by atoms with van der Waals surface area (Å²) >= 11 is 0. The number of aryl methyl sites for hydroxylation is 3. The topological polar surface area (TPSA) is 55.2 Å². The normalized spacial score (nSPS) is 14.3. The first kappa shape index (κ1) is 17.8. The monoisotopic (exact) mass is 381 g/mol. The van der Waals surface area contributed by atoms with E-state index in [1.54, 1.807) is 15.9 Å². The third-order valence-electron chi connectivity index (χ3n) is 5.12. The minimum Gasteiger partial charge on any atom is -0.266 e. The van der Waals surface area contributed by atoms with Crippen molar-refractivity contribution < 1.29 is 8.42 Å². The number of sulfonamides is 1. The van der Waals surface area contributed by atoms with Gasteiger partial charge in [0, 0.05) is 6.54 Å². The van der Waals surface area contributed by atoms with Gasteiger partial charge in [0.1, 0.15) is 4.90 Å². The second-order valence-electron chi connectivity index (χ2n) is 7.06. The van der Waals surface area contributed by atoms with E-state index in [4.69, 9.17) is 0 Å². The Morgan fingerprint density at radius 2 is 1.67 bits per heavy atom. The van der Waals surface area contributed by atoms with E-state index >= 15 is 0 Å². The summed E-state index contributed by atoms with van der Waals surface area (Å²) in [5.74, 6) is 0. The van der Waals surface area contributed by atoms with Crippen LogP contribution in [0.3, 0.4) is 0 Å². The van der Waals surface area contributed by atoms with Gasteiger partial charge < -0.3 is 0 Å². The highest BCUT2D eigenvalue weighted by molar-refractivity contribution is 7.93. The van der Waals surface area contributed by atoms with Crippen molar-refractivity contribution in [2.75, 3.05) is 10.8 Å². The molecule has 0 spiro atoms. The second-order valence-corrected chi connectivity index (χ2v) is 8.86. The minimum atomic E-state index is -3.68. The van der Waals surface area contributed by atoms with E-state index in [9.17, 15) is 8.42 Å². The lowest BCUT2D eigenvalue weighted by Crippen LogP contribution is -2.36. The summed E-state index contributed by atoms with van der Waals surface area (Å²) in [6.45, 7) is 6.10. The van der Waals surface area contributed by atoms with Crippen LogP contribution in [0.5, 0.6) is 0 Å². The average molecular weight is 382 g/mol. The second kappa shape index (κ2) is 6.53. The van der Waals surface area contributed by atoms with Crippen LogP contribution in [0.4, 0.5) is 5.69 Å². The van der Waals surface area contributed by atoms with Gasteiger partial charge in [0.15, 0.2) is 0 Å². The fourth-order valence-electron chi connectivity index (χ4n) is 3.80. The number of para-hydroxylation sites is 1. The first-order chi connectivity index (χ1) is 12.9. The molecule has 1 aliphatic rings. The van der Waals surface area contributed by atoms with Crippen LogP contribution < -0.4 is 4.31 Å². The molecule has 0 atom stereocenters. The predicted molar refractivity (Wildman–Crippen MR) is 107 cm³/mol. The van der Waals surface area contributed by atoms with Gasteiger partial charge in [-0.25, -0.2) is 13.1 Å². The van der Waals surface area contributed by atoms with E-state index in [1.807, 2.05) is 62.4 Å². The molecule has 2 aromatic carbocycles. The van der Waals surface area contributed by atoms with Crippen molar-refractivity contribution in [3.05, 3.63) is 71.0 Å². The minimum absolute atomic E-state index is 0.305. The summed E-state index contributed by atoms with van der Waals surface area (Å²) < 4.78 is 30.4. The van der Waals surface area contributed by atoms with E-state index < -0.39 is 10.0 Å². The molecule has 0 aliphatic carbocycles. The van der Waals surface area contributed by atoms with Gasteiger partial charge in [-0.05, 0) is 57.4 Å². The Balaban J connectivity index is 1.83. The van der Waals surface area contributed by atoms with Crippen molar-refractivity contribution in [2.45, 2.75) is 38.5 Å². The van der Waals surface area contributed by atoms with E-state index in [1.165, 1.54) is 0 Å². The molecular weight excluding hydrogens is 358 g/mol. The van der Waals surface area contributed by atoms with Crippen molar-refractivity contribution >= 4 is 15.7 Å². The maximum atomic E-state index is 13.6. The van der Waals surface area contributed by atoms with Crippen LogP contribution in [0.2, 0.25) is 0 Å². The van der Waals surface area contributed by atoms with Crippen LogP contribution in [-0.4, -0.2) is 24.7 Å². The summed E-state index contributed by atoms with van der Waals surface area (Å²) in [4.78, 5) is 0.305. The number of benzene rings is 2. The molecule has 0 amide bonds. The standard InChI is InChI=1S/C21H23N3O2S/c1-15-10-12-19(13-11-15)24-17(3)21(16(2)22-24)27(25,26)23-14-6-8-18-7-4-5-9-20(18)23/h4-5,7,9-13H,6,8,14H2,1-3H3. The third kappa shape index (κ3) is 2.94. The summed E-state index contributed by atoms with van der Waals surface area (Å²) in [7, 11) is -3.68. The van der Waals surface area contributed by atoms with Crippen LogP contribution in [0, 0.1) is 20.8 Å². The van der Waals surface area contributed by atoms with Crippen LogP contribution in [0.1, 0.15) is 28.9 Å². The third-order valence-corrected chi connectivity index (χ3v) is 7.19. The van der Waals surface area contributed by atoms with E-state index in [0.717, 1.165) is 35.3 Å². The molecule has 0 saturated carbocycles. The predicted octanol–water partition coefficient (Wildman–Crippen LogP) is 3.94. The highest BCUT2D eigenvalue weighted by atomic mass is 32.2. The molecule has 2 heterocycles. The largest absolute Gasteiger partial charge is 0.268 e. The number of rotatable bonds is 3. The van der Waals surface area contributed by atoms with Crippen LogP contribution >= 0.6 is 0 Å². The maximum Gasteiger partial charge on any atom is 0.268 e. The molecule has 1 aromatic heterocycles. The molecule has 0 radical (unpaired) electrons. The Hall–Kier alpha value is -2.60. The zero-order valence-corrected chi connectivity index (χ0v) is 16.6. The van der Waals surface area contributed by atoms with Gasteiger partial charge in [-0.15, -0.1) is 0 Å². The summed E-state index contributed by atoms with van der Waals surface area (Å²) in [6.07, 6.45) is 1.73. The van der Waals surface area contributed by atoms with E-state index in [-0.39, 0.29) is 0 Å². The SMILES string of the molecule is Cc1ccc(-n2nc(C)c(S(=O)(=O)N3CCCc4ccccc43)c2C)cc1. The average Bonchev–Trinajstić information content (AvgIpc) is 2.96. The number of nitrogens with zero attached hydrogens (tertiary/aromatic N) is 3. The van der Waals surface area contributed by atoms with Crippen molar-refractivity contribution in [1.82, 2.24) is 9.78 Å². The molecule has 1 aliphatic heterocycles. The fraction of sp³-hybridized carbons (Fsp3) is 0.286. The lowest BCUT2D eigenvalue weighted by molar-refractivity contribution is 0.585. The zero-order valence-electron chi connectivity index (χ0n) is 15.8. The molecule has 0 unspecified atom stereocenters. The quantitative estimate of drug-likeness (QED) is 0.690. The van der Waals surface area contributed by atoms with Gasteiger partial charge in [-0.1, -0.05) is 35.9 Å². The Labute approximate surface area is 160 Å². The van der Waals surface area contributed by atoms with Crippen molar-refractivity contribution in [1.29, 1.82) is 0 Å². The van der Waals surface area contributed by atoms with Gasteiger partial charge in [0.05, 0.1) is 22.8 Å². The number of anilines is 1. The molecule has 27 heavy (non-hydrogen) atoms. The van der Waals surface area contributed by atoms with Gasteiger partial charge in [0.2, 0.25) is 0 Å². The van der Waals surface area contributed by atoms with E-state index in [2.05, 4.69) is 5.10 Å². The number of aromatic nitrogens is 2. The van der Waals surface area contributed by atoms with Crippen molar-refractivity contribution in [3.8, 4) is 5.69 Å². The Morgan fingerprint density at radius 1 is 0.963 bits per heavy atom. The lowest BCUT2D eigenvalue weighted by atomic mass is 10.0. The van der Waals surface area contributed by atoms with Crippen LogP contribution in [-0.2, 0) is 16.4 Å². The molecular formula is C21H23N3O2S. The Morgan fingerprint density at radius 3 is 2.41 bits per heavy atom. The number of hydrogen-bond acceptors (Lipinski definition) is 3. The fourth-order valence-corrected chi connectivity index (χ4v) is 5.70. The van der Waals surface area contributed by atoms with Crippen molar-refractivity contribution in [3.63, 3.8) is 0 Å². The Bertz CT molecular complexity index is 1100. The first-order valence-corrected chi connectivity index (χ1v) is 10.6. The summed E-state index contributed by atoms with van der Waals surface area (Å²) in [5.41, 5.74) is 5.04. The molecule has 0 saturated heterocycles. The van der Waals surface area contributed by atoms with Gasteiger partial charge in [0.25, 0.3) is 10.0 Å². The smallest absolute Gasteiger partial charge is 0.266 e. The molecule has 4 rings (SSSR count). The number of fused-ring (bicyclic) bond motifs is 1. The molecule has 5 nitrogen and oxygen atoms in total. The molecule has 3 aromatic rings. The molecule has 0 N–H and O–H groups in total. The first-order valence-electron chi connectivity index (χ1n) is 9.13. The highest BCUT2D eigenvalue weighted by Gasteiger charge is 2.33. The molecule has 140 valence electrons. The van der Waals surface area contributed by atoms with Gasteiger partial charge in [-0.3, -0.25) is 4.31 Å². The summed E-state index contributed by atoms with van der Waals surface area (Å²) in [5, 5.41) is 4.54. The van der Waals surface area contributed by atoms with E-state index in [0.29, 0.717) is 22.8 Å². The number of hydrogen-bond donors (Lipinski definition) is 0. The van der Waals surface area contributed by atoms with Gasteiger partial charge >= 0.3 is 0 Å². The zero-order chi connectivity index (χ0) is 19.2. The maximum absolute atomic E-state index is 13.6. The Kier molecular flexibility index (Phi) is 4.30. The lowest BCUT2D eigenvalue weighted by Gasteiger charge is -2.30. The van der Waals surface area contributed by atoms with Crippen LogP contribution in [0.25, 0.3) is 5.69 Å². The molecule has 0 fully saturated rings. The van der Waals surface area contributed by atoms with Gasteiger partial charge in [-0.2, -0.15) is 5.10 Å². The molecule has 0 bridgehead atoms. The highest BCUT2D eigenvalue weighted by Crippen LogP contribution is 2.34. The molecule has 6 heteroatoms. The van der Waals surface area contributed by atoms with Crippen LogP contribution in [0.15, 0.2) is 53.4 Å². The summed E-state index contributed by atoms with van der Waals surface area (Å²) in [6, 6.07) is 15.7. The van der Waals surface area contributed by atoms with Crippen molar-refractivity contribution in [2.24, 2.45) is 0 Å².